The van der Waals surface area contributed by atoms with Crippen molar-refractivity contribution in [3.8, 4) is 11.1 Å². The summed E-state index contributed by atoms with van der Waals surface area (Å²) >= 11 is 0. The molecule has 0 aliphatic rings. The molecule has 6 heteroatoms. The second kappa shape index (κ2) is 8.35. The molecule has 0 fully saturated rings. The van der Waals surface area contributed by atoms with Gasteiger partial charge in [-0.3, -0.25) is 9.11 Å². The van der Waals surface area contributed by atoms with Crippen molar-refractivity contribution >= 4 is 34.4 Å². The van der Waals surface area contributed by atoms with Crippen LogP contribution in [0, 0.1) is 13.8 Å². The highest BCUT2D eigenvalue weighted by atomic mass is 127. The Morgan fingerprint density at radius 1 is 0.700 bits per heavy atom. The van der Waals surface area contributed by atoms with E-state index in [9.17, 15) is 0 Å². The highest BCUT2D eigenvalue weighted by Gasteiger charge is 1.95. The molecule has 0 aliphatic heterocycles. The molecule has 0 saturated heterocycles. The Morgan fingerprint density at radius 2 is 0.900 bits per heavy atom. The molecule has 0 aromatic heterocycles. The lowest BCUT2D eigenvalue weighted by molar-refractivity contribution is 0.381. The van der Waals surface area contributed by atoms with E-state index in [1.807, 2.05) is 0 Å². The Morgan fingerprint density at radius 3 is 1.10 bits per heavy atom. The van der Waals surface area contributed by atoms with E-state index in [1.54, 1.807) is 0 Å². The van der Waals surface area contributed by atoms with Crippen LogP contribution in [-0.2, 0) is 10.4 Å². The molecule has 0 heterocycles. The van der Waals surface area contributed by atoms with Gasteiger partial charge in [-0.25, -0.2) is 0 Å². The number of halogens is 1. The van der Waals surface area contributed by atoms with E-state index in [0.717, 1.165) is 0 Å². The van der Waals surface area contributed by atoms with Gasteiger partial charge in [0.25, 0.3) is 0 Å². The minimum absolute atomic E-state index is 0. The van der Waals surface area contributed by atoms with E-state index in [-0.39, 0.29) is 24.0 Å². The Balaban J connectivity index is 0.000000526. The van der Waals surface area contributed by atoms with Gasteiger partial charge in [0.1, 0.15) is 0 Å². The summed E-state index contributed by atoms with van der Waals surface area (Å²) in [4.78, 5) is 0. The molecule has 20 heavy (non-hydrogen) atoms. The van der Waals surface area contributed by atoms with E-state index in [2.05, 4.69) is 62.4 Å². The van der Waals surface area contributed by atoms with Crippen molar-refractivity contribution in [1.29, 1.82) is 0 Å². The number of aryl methyl sites for hydroxylation is 2. The Bertz CT molecular complexity index is 568. The minimum atomic E-state index is -4.67. The maximum absolute atomic E-state index is 8.74. The van der Waals surface area contributed by atoms with Crippen LogP contribution in [0.15, 0.2) is 48.5 Å². The number of hydrogen-bond donors (Lipinski definition) is 2. The van der Waals surface area contributed by atoms with Crippen LogP contribution >= 0.6 is 24.0 Å². The largest absolute Gasteiger partial charge is 0.394 e. The van der Waals surface area contributed by atoms with Crippen molar-refractivity contribution in [3.63, 3.8) is 0 Å². The van der Waals surface area contributed by atoms with Crippen molar-refractivity contribution in [3.05, 3.63) is 59.7 Å². The summed E-state index contributed by atoms with van der Waals surface area (Å²) in [5.74, 6) is 0. The second-order valence-corrected chi connectivity index (χ2v) is 5.08. The van der Waals surface area contributed by atoms with Gasteiger partial charge in [-0.05, 0) is 25.0 Å². The fraction of sp³-hybridized carbons (Fsp3) is 0.143. The van der Waals surface area contributed by atoms with Crippen molar-refractivity contribution < 1.29 is 17.5 Å². The van der Waals surface area contributed by atoms with Crippen LogP contribution in [0.3, 0.4) is 0 Å². The first-order valence-electron chi connectivity index (χ1n) is 5.59. The highest BCUT2D eigenvalue weighted by Crippen LogP contribution is 2.19. The molecule has 0 radical (unpaired) electrons. The SMILES string of the molecule is Cc1ccc(-c2ccc(C)cc2)cc1.I.O=S(=O)(O)O. The predicted molar refractivity (Wildman–Crippen MR) is 90.9 cm³/mol. The molecular formula is C14H17IO4S. The average molecular weight is 408 g/mol. The van der Waals surface area contributed by atoms with E-state index in [4.69, 9.17) is 17.5 Å². The highest BCUT2D eigenvalue weighted by molar-refractivity contribution is 14.0. The van der Waals surface area contributed by atoms with Crippen LogP contribution in [0.2, 0.25) is 0 Å². The topological polar surface area (TPSA) is 74.6 Å². The molecule has 0 aliphatic carbocycles. The third-order valence-corrected chi connectivity index (χ3v) is 2.44. The molecule has 0 atom stereocenters. The fourth-order valence-corrected chi connectivity index (χ4v) is 1.49. The predicted octanol–water partition coefficient (Wildman–Crippen LogP) is 3.94. The number of rotatable bonds is 1. The first-order chi connectivity index (χ1) is 8.75. The Kier molecular flexibility index (Phi) is 7.95. The fourth-order valence-electron chi connectivity index (χ4n) is 1.49. The van der Waals surface area contributed by atoms with Crippen molar-refractivity contribution in [2.45, 2.75) is 13.8 Å². The van der Waals surface area contributed by atoms with Crippen molar-refractivity contribution in [2.75, 3.05) is 0 Å². The molecule has 2 N–H and O–H groups in total. The van der Waals surface area contributed by atoms with Gasteiger partial charge in [-0.15, -0.1) is 24.0 Å². The van der Waals surface area contributed by atoms with Crippen LogP contribution in [0.25, 0.3) is 11.1 Å². The van der Waals surface area contributed by atoms with Crippen LogP contribution in [0.4, 0.5) is 0 Å². The summed E-state index contributed by atoms with van der Waals surface area (Å²) in [5.41, 5.74) is 5.19. The first-order valence-corrected chi connectivity index (χ1v) is 6.99. The van der Waals surface area contributed by atoms with E-state index < -0.39 is 10.4 Å². The number of hydrogen-bond acceptors (Lipinski definition) is 2. The van der Waals surface area contributed by atoms with Gasteiger partial charge in [-0.2, -0.15) is 8.42 Å². The van der Waals surface area contributed by atoms with Gasteiger partial charge >= 0.3 is 10.4 Å². The zero-order chi connectivity index (χ0) is 14.5. The van der Waals surface area contributed by atoms with Crippen molar-refractivity contribution in [2.24, 2.45) is 0 Å². The molecule has 0 spiro atoms. The van der Waals surface area contributed by atoms with E-state index in [0.29, 0.717) is 0 Å². The summed E-state index contributed by atoms with van der Waals surface area (Å²) in [6.45, 7) is 4.22. The van der Waals surface area contributed by atoms with Gasteiger partial charge < -0.3 is 0 Å². The smallest absolute Gasteiger partial charge is 0.264 e. The third-order valence-electron chi connectivity index (χ3n) is 2.44. The summed E-state index contributed by atoms with van der Waals surface area (Å²) in [6.07, 6.45) is 0. The lowest BCUT2D eigenvalue weighted by Gasteiger charge is -2.02. The molecule has 110 valence electrons. The normalized spacial score (nSPS) is 10.0. The Labute approximate surface area is 136 Å². The summed E-state index contributed by atoms with van der Waals surface area (Å²) < 4.78 is 31.6. The zero-order valence-corrected chi connectivity index (χ0v) is 14.3. The molecule has 0 unspecified atom stereocenters. The maximum atomic E-state index is 8.74. The zero-order valence-electron chi connectivity index (χ0n) is 11.1. The average Bonchev–Trinajstić information content (AvgIpc) is 2.29. The van der Waals surface area contributed by atoms with Gasteiger partial charge in [0.05, 0.1) is 0 Å². The van der Waals surface area contributed by atoms with Gasteiger partial charge in [0, 0.05) is 0 Å². The molecule has 0 amide bonds. The van der Waals surface area contributed by atoms with Crippen LogP contribution in [0.5, 0.6) is 0 Å². The lowest BCUT2D eigenvalue weighted by Crippen LogP contribution is -1.89. The number of benzene rings is 2. The third kappa shape index (κ3) is 8.26. The molecule has 4 nitrogen and oxygen atoms in total. The van der Waals surface area contributed by atoms with Gasteiger partial charge in [0.15, 0.2) is 0 Å². The van der Waals surface area contributed by atoms with Gasteiger partial charge in [-0.1, -0.05) is 59.7 Å². The van der Waals surface area contributed by atoms with E-state index in [1.165, 1.54) is 22.3 Å². The molecule has 2 rings (SSSR count). The van der Waals surface area contributed by atoms with Crippen LogP contribution < -0.4 is 0 Å². The summed E-state index contributed by atoms with van der Waals surface area (Å²) in [6, 6.07) is 17.3. The molecular weight excluding hydrogens is 391 g/mol. The first kappa shape index (κ1) is 19.0. The Hall–Kier alpha value is -0.960. The lowest BCUT2D eigenvalue weighted by atomic mass is 10.0. The molecule has 0 saturated carbocycles. The quantitative estimate of drug-likeness (QED) is 0.554. The summed E-state index contributed by atoms with van der Waals surface area (Å²) in [7, 11) is -4.67. The summed E-state index contributed by atoms with van der Waals surface area (Å²) in [5, 5.41) is 0. The standard InChI is InChI=1S/C14H14.HI.H2O4S/c1-11-3-7-13(8-4-11)14-9-5-12(2)6-10-14;;1-5(2,3)4/h3-10H,1-2H3;1H;(H2,1,2,3,4). The molecule has 2 aromatic rings. The van der Waals surface area contributed by atoms with Crippen LogP contribution in [-0.4, -0.2) is 17.5 Å². The van der Waals surface area contributed by atoms with Crippen molar-refractivity contribution in [1.82, 2.24) is 0 Å². The molecule has 0 bridgehead atoms. The van der Waals surface area contributed by atoms with Gasteiger partial charge in [0.2, 0.25) is 0 Å². The molecule has 2 aromatic carbocycles. The van der Waals surface area contributed by atoms with E-state index >= 15 is 0 Å². The monoisotopic (exact) mass is 408 g/mol. The van der Waals surface area contributed by atoms with Crippen LogP contribution in [0.1, 0.15) is 11.1 Å². The minimum Gasteiger partial charge on any atom is -0.264 e. The second-order valence-electron chi connectivity index (χ2n) is 4.18. The maximum Gasteiger partial charge on any atom is 0.394 e.